The second-order valence-corrected chi connectivity index (χ2v) is 4.70. The molecule has 0 aliphatic rings. The smallest absolute Gasteiger partial charge is 0.407 e. The molecule has 1 aromatic rings. The number of hydrogen-bond acceptors (Lipinski definition) is 3. The Morgan fingerprint density at radius 2 is 1.70 bits per heavy atom. The fraction of sp³-hybridized carbons (Fsp3) is 0.727. The molecule has 1 heterocycles. The Morgan fingerprint density at radius 3 is 2.15 bits per heavy atom. The van der Waals surface area contributed by atoms with Gasteiger partial charge >= 0.3 is 12.4 Å². The van der Waals surface area contributed by atoms with Gasteiger partial charge in [0.1, 0.15) is 5.76 Å². The van der Waals surface area contributed by atoms with Crippen molar-refractivity contribution < 1.29 is 30.8 Å². The van der Waals surface area contributed by atoms with E-state index in [-0.39, 0.29) is 18.2 Å². The van der Waals surface area contributed by atoms with Crippen molar-refractivity contribution in [3.63, 3.8) is 0 Å². The lowest BCUT2D eigenvalue weighted by Gasteiger charge is -2.21. The fourth-order valence-corrected chi connectivity index (χ4v) is 1.61. The maximum atomic E-state index is 12.6. The minimum Gasteiger partial charge on any atom is -0.447 e. The van der Waals surface area contributed by atoms with E-state index in [9.17, 15) is 26.3 Å². The van der Waals surface area contributed by atoms with Gasteiger partial charge in [0.05, 0.1) is 5.69 Å². The molecule has 0 fully saturated rings. The first-order valence-corrected chi connectivity index (χ1v) is 5.80. The van der Waals surface area contributed by atoms with E-state index < -0.39 is 24.0 Å². The Hall–Kier alpha value is -1.25. The summed E-state index contributed by atoms with van der Waals surface area (Å²) in [6.45, 7) is 3.93. The zero-order valence-electron chi connectivity index (χ0n) is 10.8. The van der Waals surface area contributed by atoms with Gasteiger partial charge in [-0.05, 0) is 12.5 Å². The monoisotopic (exact) mass is 304 g/mol. The summed E-state index contributed by atoms with van der Waals surface area (Å²) in [7, 11) is 0. The van der Waals surface area contributed by atoms with E-state index in [0.29, 0.717) is 12.9 Å². The van der Waals surface area contributed by atoms with E-state index in [4.69, 9.17) is 0 Å². The highest BCUT2D eigenvalue weighted by molar-refractivity contribution is 5.17. The number of alkyl halides is 6. The van der Waals surface area contributed by atoms with Crippen LogP contribution in [0.15, 0.2) is 10.8 Å². The van der Waals surface area contributed by atoms with Crippen molar-refractivity contribution in [2.24, 2.45) is 5.92 Å². The summed E-state index contributed by atoms with van der Waals surface area (Å²) >= 11 is 0. The van der Waals surface area contributed by atoms with Gasteiger partial charge in [-0.15, -0.1) is 0 Å². The third kappa shape index (κ3) is 4.39. The Balaban J connectivity index is 2.96. The van der Waals surface area contributed by atoms with Crippen LogP contribution in [0.5, 0.6) is 0 Å². The quantitative estimate of drug-likeness (QED) is 0.844. The van der Waals surface area contributed by atoms with Crippen molar-refractivity contribution in [1.82, 2.24) is 10.3 Å². The molecule has 1 N–H and O–H groups in total. The normalized spacial score (nSPS) is 13.5. The van der Waals surface area contributed by atoms with Crippen LogP contribution in [0.25, 0.3) is 0 Å². The topological polar surface area (TPSA) is 38.1 Å². The van der Waals surface area contributed by atoms with E-state index >= 15 is 0 Å². The van der Waals surface area contributed by atoms with Gasteiger partial charge in [0.15, 0.2) is 6.39 Å². The summed E-state index contributed by atoms with van der Waals surface area (Å²) in [4.78, 5) is 3.43. The zero-order chi connectivity index (χ0) is 15.6. The molecule has 0 bridgehead atoms. The van der Waals surface area contributed by atoms with Gasteiger partial charge in [0, 0.05) is 6.54 Å². The standard InChI is InChI=1S/C11H14F6N2O/c1-6(2)3-18-4-7-8(20-5-19-7)9(10(12,13)14)11(15,16)17/h5-6,9,18H,3-4H2,1-2H3. The highest BCUT2D eigenvalue weighted by Crippen LogP contribution is 2.47. The van der Waals surface area contributed by atoms with Crippen LogP contribution in [0.3, 0.4) is 0 Å². The molecule has 1 rings (SSSR count). The van der Waals surface area contributed by atoms with Crippen molar-refractivity contribution in [2.45, 2.75) is 38.7 Å². The molecule has 1 aromatic heterocycles. The second-order valence-electron chi connectivity index (χ2n) is 4.70. The summed E-state index contributed by atoms with van der Waals surface area (Å²) in [5.74, 6) is -4.67. The van der Waals surface area contributed by atoms with Crippen LogP contribution in [-0.4, -0.2) is 23.9 Å². The van der Waals surface area contributed by atoms with Crippen molar-refractivity contribution in [2.75, 3.05) is 6.54 Å². The predicted molar refractivity (Wildman–Crippen MR) is 57.9 cm³/mol. The maximum Gasteiger partial charge on any atom is 0.407 e. The lowest BCUT2D eigenvalue weighted by atomic mass is 10.0. The maximum absolute atomic E-state index is 12.6. The summed E-state index contributed by atoms with van der Waals surface area (Å²) in [6, 6.07) is 0. The van der Waals surface area contributed by atoms with E-state index in [1.54, 1.807) is 0 Å². The van der Waals surface area contributed by atoms with Crippen LogP contribution < -0.4 is 5.32 Å². The van der Waals surface area contributed by atoms with Crippen LogP contribution >= 0.6 is 0 Å². The Bertz CT molecular complexity index is 409. The van der Waals surface area contributed by atoms with Crippen molar-refractivity contribution >= 4 is 0 Å². The van der Waals surface area contributed by atoms with Crippen LogP contribution in [0.2, 0.25) is 0 Å². The van der Waals surface area contributed by atoms with Gasteiger partial charge in [-0.2, -0.15) is 26.3 Å². The van der Waals surface area contributed by atoms with Gasteiger partial charge < -0.3 is 9.73 Å². The number of nitrogens with one attached hydrogen (secondary N) is 1. The minimum atomic E-state index is -5.48. The van der Waals surface area contributed by atoms with Crippen molar-refractivity contribution in [1.29, 1.82) is 0 Å². The third-order valence-corrected chi connectivity index (χ3v) is 2.43. The van der Waals surface area contributed by atoms with Crippen LogP contribution in [0.1, 0.15) is 31.2 Å². The molecular weight excluding hydrogens is 290 g/mol. The molecule has 0 saturated heterocycles. The summed E-state index contributed by atoms with van der Waals surface area (Å²) in [6.07, 6.45) is -10.4. The minimum absolute atomic E-state index is 0.200. The number of hydrogen-bond donors (Lipinski definition) is 1. The summed E-state index contributed by atoms with van der Waals surface area (Å²) < 4.78 is 79.8. The highest BCUT2D eigenvalue weighted by atomic mass is 19.4. The summed E-state index contributed by atoms with van der Waals surface area (Å²) in [5, 5.41) is 2.73. The number of halogens is 6. The molecular formula is C11H14F6N2O. The lowest BCUT2D eigenvalue weighted by Crippen LogP contribution is -2.35. The van der Waals surface area contributed by atoms with Crippen molar-refractivity contribution in [3.8, 4) is 0 Å². The molecule has 0 radical (unpaired) electrons. The Kier molecular flexibility index (Phi) is 5.06. The van der Waals surface area contributed by atoms with Gasteiger partial charge in [-0.3, -0.25) is 0 Å². The molecule has 0 atom stereocenters. The average molecular weight is 304 g/mol. The molecule has 0 saturated carbocycles. The first-order valence-electron chi connectivity index (χ1n) is 5.80. The molecule has 116 valence electrons. The molecule has 0 aromatic carbocycles. The molecule has 0 amide bonds. The molecule has 0 spiro atoms. The SMILES string of the molecule is CC(C)CNCc1ncoc1C(C(F)(F)F)C(F)(F)F. The largest absolute Gasteiger partial charge is 0.447 e. The Labute approximate surface area is 111 Å². The van der Waals surface area contributed by atoms with Gasteiger partial charge in [-0.1, -0.05) is 13.8 Å². The number of nitrogens with zero attached hydrogens (tertiary/aromatic N) is 1. The van der Waals surface area contributed by atoms with Crippen LogP contribution in [0, 0.1) is 5.92 Å². The van der Waals surface area contributed by atoms with Gasteiger partial charge in [0.2, 0.25) is 5.92 Å². The lowest BCUT2D eigenvalue weighted by molar-refractivity contribution is -0.257. The van der Waals surface area contributed by atoms with Gasteiger partial charge in [-0.25, -0.2) is 4.98 Å². The average Bonchev–Trinajstić information content (AvgIpc) is 2.61. The van der Waals surface area contributed by atoms with E-state index in [2.05, 4.69) is 14.7 Å². The van der Waals surface area contributed by atoms with Crippen molar-refractivity contribution in [3.05, 3.63) is 17.8 Å². The molecule has 0 aliphatic carbocycles. The fourth-order valence-electron chi connectivity index (χ4n) is 1.61. The molecule has 0 unspecified atom stereocenters. The molecule has 3 nitrogen and oxygen atoms in total. The van der Waals surface area contributed by atoms with E-state index in [1.807, 2.05) is 13.8 Å². The number of aromatic nitrogens is 1. The van der Waals surface area contributed by atoms with Gasteiger partial charge in [0.25, 0.3) is 0 Å². The number of oxazole rings is 1. The second kappa shape index (κ2) is 6.02. The zero-order valence-corrected chi connectivity index (χ0v) is 10.8. The van der Waals surface area contributed by atoms with E-state index in [1.165, 1.54) is 0 Å². The molecule has 20 heavy (non-hydrogen) atoms. The first kappa shape index (κ1) is 16.8. The molecule has 9 heteroatoms. The predicted octanol–water partition coefficient (Wildman–Crippen LogP) is 3.63. The van der Waals surface area contributed by atoms with E-state index in [0.717, 1.165) is 0 Å². The number of rotatable bonds is 5. The summed E-state index contributed by atoms with van der Waals surface area (Å²) in [5.41, 5.74) is -0.384. The highest BCUT2D eigenvalue weighted by Gasteiger charge is 2.60. The Morgan fingerprint density at radius 1 is 1.15 bits per heavy atom. The first-order chi connectivity index (χ1) is 9.03. The van der Waals surface area contributed by atoms with Crippen LogP contribution in [0.4, 0.5) is 26.3 Å². The van der Waals surface area contributed by atoms with Crippen LogP contribution in [-0.2, 0) is 6.54 Å². The third-order valence-electron chi connectivity index (χ3n) is 2.43. The molecule has 0 aliphatic heterocycles.